The van der Waals surface area contributed by atoms with Crippen molar-refractivity contribution in [2.75, 3.05) is 27.4 Å². The summed E-state index contributed by atoms with van der Waals surface area (Å²) in [6.07, 6.45) is 2.64. The minimum absolute atomic E-state index is 0. The van der Waals surface area contributed by atoms with Crippen molar-refractivity contribution in [3.8, 4) is 11.5 Å². The molecule has 1 aliphatic heterocycles. The van der Waals surface area contributed by atoms with Crippen molar-refractivity contribution in [1.82, 2.24) is 25.0 Å². The number of fused-ring (bicyclic) bond motifs is 1. The van der Waals surface area contributed by atoms with E-state index in [4.69, 9.17) is 9.47 Å². The lowest BCUT2D eigenvalue weighted by molar-refractivity contribution is 0.174. The third-order valence-corrected chi connectivity index (χ3v) is 4.08. The van der Waals surface area contributed by atoms with Gasteiger partial charge in [0.15, 0.2) is 17.5 Å². The molecular formula is C17H25IN6O2. The fraction of sp³-hybridized carbons (Fsp3) is 0.471. The summed E-state index contributed by atoms with van der Waals surface area (Å²) in [6.45, 7) is 4.64. The summed E-state index contributed by atoms with van der Waals surface area (Å²) >= 11 is 0. The lowest BCUT2D eigenvalue weighted by Gasteiger charge is -2.22. The van der Waals surface area contributed by atoms with E-state index in [1.165, 1.54) is 0 Å². The summed E-state index contributed by atoms with van der Waals surface area (Å²) in [5.74, 6) is 3.43. The van der Waals surface area contributed by atoms with E-state index in [2.05, 4.69) is 36.9 Å². The molecule has 1 N–H and O–H groups in total. The van der Waals surface area contributed by atoms with Crippen molar-refractivity contribution in [3.63, 3.8) is 0 Å². The van der Waals surface area contributed by atoms with E-state index < -0.39 is 0 Å². The molecule has 0 unspecified atom stereocenters. The van der Waals surface area contributed by atoms with Gasteiger partial charge in [-0.1, -0.05) is 13.0 Å². The fourth-order valence-corrected chi connectivity index (χ4v) is 2.80. The predicted octanol–water partition coefficient (Wildman–Crippen LogP) is 1.89. The predicted molar refractivity (Wildman–Crippen MR) is 110 cm³/mol. The second-order valence-electron chi connectivity index (χ2n) is 5.81. The number of aromatic nitrogens is 3. The number of aryl methyl sites for hydroxylation is 1. The Hall–Kier alpha value is -2.04. The first-order chi connectivity index (χ1) is 12.2. The Morgan fingerprint density at radius 2 is 2.15 bits per heavy atom. The molecule has 2 heterocycles. The van der Waals surface area contributed by atoms with Crippen molar-refractivity contribution < 1.29 is 9.47 Å². The second-order valence-corrected chi connectivity index (χ2v) is 5.81. The highest BCUT2D eigenvalue weighted by atomic mass is 127. The van der Waals surface area contributed by atoms with E-state index in [0.29, 0.717) is 6.79 Å². The SMILES string of the molecule is CCc1nncn1CCNC(=NC)N(C)Cc1ccc2c(c1)OCO2.I. The van der Waals surface area contributed by atoms with Gasteiger partial charge in [-0.3, -0.25) is 4.99 Å². The molecule has 0 spiro atoms. The topological polar surface area (TPSA) is 76.8 Å². The van der Waals surface area contributed by atoms with Crippen molar-refractivity contribution in [2.45, 2.75) is 26.4 Å². The Bertz CT molecular complexity index is 749. The van der Waals surface area contributed by atoms with Crippen molar-refractivity contribution in [2.24, 2.45) is 4.99 Å². The van der Waals surface area contributed by atoms with Crippen LogP contribution in [0.4, 0.5) is 0 Å². The largest absolute Gasteiger partial charge is 0.454 e. The highest BCUT2D eigenvalue weighted by molar-refractivity contribution is 14.0. The van der Waals surface area contributed by atoms with Crippen LogP contribution < -0.4 is 14.8 Å². The van der Waals surface area contributed by atoms with Gasteiger partial charge in [0, 0.05) is 40.2 Å². The van der Waals surface area contributed by atoms with Gasteiger partial charge in [0.2, 0.25) is 6.79 Å². The van der Waals surface area contributed by atoms with Crippen LogP contribution in [0.25, 0.3) is 0 Å². The number of hydrogen-bond acceptors (Lipinski definition) is 5. The minimum atomic E-state index is 0. The third kappa shape index (κ3) is 4.77. The van der Waals surface area contributed by atoms with Crippen molar-refractivity contribution in [1.29, 1.82) is 0 Å². The number of nitrogens with zero attached hydrogens (tertiary/aromatic N) is 5. The Labute approximate surface area is 170 Å². The molecule has 26 heavy (non-hydrogen) atoms. The van der Waals surface area contributed by atoms with Gasteiger partial charge in [0.1, 0.15) is 12.2 Å². The Balaban J connectivity index is 0.00000243. The van der Waals surface area contributed by atoms with Crippen LogP contribution in [-0.2, 0) is 19.5 Å². The smallest absolute Gasteiger partial charge is 0.231 e. The molecule has 2 aromatic rings. The average Bonchev–Trinajstić information content (AvgIpc) is 3.26. The van der Waals surface area contributed by atoms with E-state index in [1.807, 2.05) is 25.2 Å². The molecule has 0 radical (unpaired) electrons. The van der Waals surface area contributed by atoms with Gasteiger partial charge in [0.25, 0.3) is 0 Å². The summed E-state index contributed by atoms with van der Waals surface area (Å²) in [6, 6.07) is 6.00. The van der Waals surface area contributed by atoms with Gasteiger partial charge in [0.05, 0.1) is 0 Å². The first-order valence-corrected chi connectivity index (χ1v) is 8.38. The Morgan fingerprint density at radius 3 is 2.92 bits per heavy atom. The molecule has 0 atom stereocenters. The van der Waals surface area contributed by atoms with Gasteiger partial charge >= 0.3 is 0 Å². The lowest BCUT2D eigenvalue weighted by Crippen LogP contribution is -2.39. The number of guanidine groups is 1. The molecule has 0 aliphatic carbocycles. The molecule has 0 fully saturated rings. The number of nitrogens with one attached hydrogen (secondary N) is 1. The third-order valence-electron chi connectivity index (χ3n) is 4.08. The first-order valence-electron chi connectivity index (χ1n) is 8.38. The zero-order valence-corrected chi connectivity index (χ0v) is 17.6. The van der Waals surface area contributed by atoms with Crippen LogP contribution in [0.1, 0.15) is 18.3 Å². The number of rotatable bonds is 6. The average molecular weight is 472 g/mol. The summed E-state index contributed by atoms with van der Waals surface area (Å²) in [7, 11) is 3.80. The summed E-state index contributed by atoms with van der Waals surface area (Å²) in [5.41, 5.74) is 1.14. The second kappa shape index (κ2) is 9.60. The first kappa shape index (κ1) is 20.3. The molecule has 142 valence electrons. The number of halogens is 1. The quantitative estimate of drug-likeness (QED) is 0.393. The van der Waals surface area contributed by atoms with Gasteiger partial charge in [-0.2, -0.15) is 0 Å². The van der Waals surface area contributed by atoms with Crippen LogP contribution in [0.3, 0.4) is 0 Å². The molecule has 1 aromatic carbocycles. The number of aliphatic imine (C=N–C) groups is 1. The highest BCUT2D eigenvalue weighted by Crippen LogP contribution is 2.32. The summed E-state index contributed by atoms with van der Waals surface area (Å²) in [4.78, 5) is 6.43. The monoisotopic (exact) mass is 472 g/mol. The van der Waals surface area contributed by atoms with E-state index in [1.54, 1.807) is 13.4 Å². The zero-order chi connectivity index (χ0) is 17.6. The van der Waals surface area contributed by atoms with Crippen LogP contribution >= 0.6 is 24.0 Å². The lowest BCUT2D eigenvalue weighted by atomic mass is 10.2. The van der Waals surface area contributed by atoms with E-state index in [0.717, 1.165) is 54.9 Å². The van der Waals surface area contributed by atoms with Crippen LogP contribution in [0.2, 0.25) is 0 Å². The zero-order valence-electron chi connectivity index (χ0n) is 15.3. The van der Waals surface area contributed by atoms with E-state index in [9.17, 15) is 0 Å². The van der Waals surface area contributed by atoms with E-state index in [-0.39, 0.29) is 24.0 Å². The maximum absolute atomic E-state index is 5.43. The normalized spacial score (nSPS) is 12.7. The number of benzene rings is 1. The van der Waals surface area contributed by atoms with Gasteiger partial charge in [-0.25, -0.2) is 0 Å². The minimum Gasteiger partial charge on any atom is -0.454 e. The molecule has 0 bridgehead atoms. The van der Waals surface area contributed by atoms with E-state index >= 15 is 0 Å². The molecule has 9 heteroatoms. The van der Waals surface area contributed by atoms with Crippen LogP contribution in [0, 0.1) is 0 Å². The molecule has 0 saturated heterocycles. The van der Waals surface area contributed by atoms with Crippen LogP contribution in [-0.4, -0.2) is 53.1 Å². The molecule has 8 nitrogen and oxygen atoms in total. The fourth-order valence-electron chi connectivity index (χ4n) is 2.80. The van der Waals surface area contributed by atoms with Crippen LogP contribution in [0.15, 0.2) is 29.5 Å². The van der Waals surface area contributed by atoms with Gasteiger partial charge < -0.3 is 24.3 Å². The van der Waals surface area contributed by atoms with Crippen molar-refractivity contribution >= 4 is 29.9 Å². The Kier molecular flexibility index (Phi) is 7.49. The molecule has 1 aliphatic rings. The molecular weight excluding hydrogens is 447 g/mol. The molecule has 0 saturated carbocycles. The maximum atomic E-state index is 5.43. The maximum Gasteiger partial charge on any atom is 0.231 e. The molecule has 0 amide bonds. The summed E-state index contributed by atoms with van der Waals surface area (Å²) in [5, 5.41) is 11.4. The van der Waals surface area contributed by atoms with Gasteiger partial charge in [-0.05, 0) is 17.7 Å². The van der Waals surface area contributed by atoms with Crippen LogP contribution in [0.5, 0.6) is 11.5 Å². The standard InChI is InChI=1S/C17H24N6O2.HI/c1-4-16-21-20-11-23(16)8-7-19-17(18-2)22(3)10-13-5-6-14-15(9-13)25-12-24-14;/h5-6,9,11H,4,7-8,10,12H2,1-3H3,(H,18,19);1H. The van der Waals surface area contributed by atoms with Crippen molar-refractivity contribution in [3.05, 3.63) is 35.9 Å². The Morgan fingerprint density at radius 1 is 1.35 bits per heavy atom. The summed E-state index contributed by atoms with van der Waals surface area (Å²) < 4.78 is 12.8. The number of hydrogen-bond donors (Lipinski definition) is 1. The molecule has 3 rings (SSSR count). The number of ether oxygens (including phenoxy) is 2. The highest BCUT2D eigenvalue weighted by Gasteiger charge is 2.14. The van der Waals surface area contributed by atoms with Gasteiger partial charge in [-0.15, -0.1) is 34.2 Å². The molecule has 1 aromatic heterocycles.